The van der Waals surface area contributed by atoms with Crippen LogP contribution in [-0.4, -0.2) is 25.9 Å². The predicted molar refractivity (Wildman–Crippen MR) is 115 cm³/mol. The second kappa shape index (κ2) is 8.17. The predicted octanol–water partition coefficient (Wildman–Crippen LogP) is 4.43. The van der Waals surface area contributed by atoms with Gasteiger partial charge in [-0.25, -0.2) is 9.67 Å². The summed E-state index contributed by atoms with van der Waals surface area (Å²) in [5, 5.41) is 11.7. The van der Waals surface area contributed by atoms with Crippen LogP contribution in [0.3, 0.4) is 0 Å². The third-order valence-corrected chi connectivity index (χ3v) is 4.80. The van der Waals surface area contributed by atoms with Gasteiger partial charge in [0.1, 0.15) is 11.5 Å². The van der Waals surface area contributed by atoms with Gasteiger partial charge >= 0.3 is 0 Å². The Morgan fingerprint density at radius 1 is 1.17 bits per heavy atom. The zero-order valence-electron chi connectivity index (χ0n) is 15.8. The van der Waals surface area contributed by atoms with Crippen LogP contribution in [-0.2, 0) is 6.54 Å². The molecule has 0 atom stereocenters. The highest BCUT2D eigenvalue weighted by Crippen LogP contribution is 2.25. The van der Waals surface area contributed by atoms with Gasteiger partial charge in [-0.2, -0.15) is 0 Å². The number of hydrogen-bond acceptors (Lipinski definition) is 6. The lowest BCUT2D eigenvalue weighted by atomic mass is 10.2. The minimum atomic E-state index is -0.488. The van der Waals surface area contributed by atoms with Gasteiger partial charge in [-0.05, 0) is 43.3 Å². The molecular weight excluding hydrogens is 427 g/mol. The van der Waals surface area contributed by atoms with Crippen LogP contribution >= 0.6 is 23.2 Å². The molecular formula is C20H16Cl2N6O2. The van der Waals surface area contributed by atoms with Crippen molar-refractivity contribution in [3.8, 4) is 11.5 Å². The number of carbonyl (C=O) groups excluding carboxylic acids is 1. The summed E-state index contributed by atoms with van der Waals surface area (Å²) in [4.78, 5) is 17.0. The number of aryl methyl sites for hydroxylation is 1. The Balaban J connectivity index is 1.54. The van der Waals surface area contributed by atoms with Crippen molar-refractivity contribution in [1.29, 1.82) is 0 Å². The van der Waals surface area contributed by atoms with Crippen LogP contribution in [0.2, 0.25) is 10.0 Å². The number of halogens is 2. The number of aromatic nitrogens is 4. The summed E-state index contributed by atoms with van der Waals surface area (Å²) in [5.74, 6) is 0.658. The van der Waals surface area contributed by atoms with Gasteiger partial charge in [0.15, 0.2) is 11.5 Å². The summed E-state index contributed by atoms with van der Waals surface area (Å²) in [6.07, 6.45) is 0. The summed E-state index contributed by atoms with van der Waals surface area (Å²) in [7, 11) is 0. The van der Waals surface area contributed by atoms with Crippen molar-refractivity contribution in [1.82, 2.24) is 20.0 Å². The lowest BCUT2D eigenvalue weighted by molar-refractivity contribution is 0.102. The molecule has 3 N–H and O–H groups in total. The molecule has 30 heavy (non-hydrogen) atoms. The normalized spacial score (nSPS) is 10.9. The summed E-state index contributed by atoms with van der Waals surface area (Å²) < 4.78 is 7.14. The summed E-state index contributed by atoms with van der Waals surface area (Å²) in [6, 6.07) is 14.0. The summed E-state index contributed by atoms with van der Waals surface area (Å²) in [6.45, 7) is 1.98. The molecule has 0 aliphatic heterocycles. The summed E-state index contributed by atoms with van der Waals surface area (Å²) >= 11 is 12.0. The smallest absolute Gasteiger partial charge is 0.280 e. The topological polar surface area (TPSA) is 112 Å². The Morgan fingerprint density at radius 3 is 2.63 bits per heavy atom. The van der Waals surface area contributed by atoms with Gasteiger partial charge in [0.2, 0.25) is 5.89 Å². The monoisotopic (exact) mass is 442 g/mol. The molecule has 0 unspecified atom stereocenters. The first-order valence-corrected chi connectivity index (χ1v) is 9.64. The van der Waals surface area contributed by atoms with E-state index < -0.39 is 5.91 Å². The zero-order chi connectivity index (χ0) is 21.3. The van der Waals surface area contributed by atoms with E-state index in [0.29, 0.717) is 33.1 Å². The molecule has 0 aliphatic rings. The van der Waals surface area contributed by atoms with E-state index in [1.54, 1.807) is 43.3 Å². The molecule has 0 fully saturated rings. The van der Waals surface area contributed by atoms with Crippen molar-refractivity contribution in [2.75, 3.05) is 11.1 Å². The number of benzene rings is 2. The second-order valence-electron chi connectivity index (χ2n) is 6.48. The average molecular weight is 443 g/mol. The fourth-order valence-corrected chi connectivity index (χ4v) is 3.20. The molecule has 4 rings (SSSR count). The minimum absolute atomic E-state index is 0.00573. The summed E-state index contributed by atoms with van der Waals surface area (Å²) in [5.41, 5.74) is 8.00. The molecule has 0 bridgehead atoms. The van der Waals surface area contributed by atoms with Gasteiger partial charge in [0.05, 0.1) is 6.54 Å². The fourth-order valence-electron chi connectivity index (χ4n) is 2.82. The molecule has 4 aromatic rings. The number of carbonyl (C=O) groups is 1. The number of nitrogens with zero attached hydrogens (tertiary/aromatic N) is 4. The van der Waals surface area contributed by atoms with E-state index in [1.807, 2.05) is 12.1 Å². The van der Waals surface area contributed by atoms with Gasteiger partial charge in [-0.15, -0.1) is 5.10 Å². The number of nitrogen functional groups attached to an aromatic ring is 1. The van der Waals surface area contributed by atoms with E-state index in [0.717, 1.165) is 5.56 Å². The maximum atomic E-state index is 12.5. The van der Waals surface area contributed by atoms with Crippen LogP contribution in [0, 0.1) is 6.92 Å². The number of nitrogens with two attached hydrogens (primary N) is 1. The van der Waals surface area contributed by atoms with Gasteiger partial charge in [0, 0.05) is 21.3 Å². The van der Waals surface area contributed by atoms with Crippen LogP contribution in [0.5, 0.6) is 0 Å². The van der Waals surface area contributed by atoms with Crippen LogP contribution in [0.15, 0.2) is 52.9 Å². The molecule has 1 amide bonds. The van der Waals surface area contributed by atoms with Crippen molar-refractivity contribution in [2.45, 2.75) is 13.5 Å². The first kappa shape index (κ1) is 19.9. The van der Waals surface area contributed by atoms with Crippen molar-refractivity contribution in [2.24, 2.45) is 0 Å². The number of nitrogens with one attached hydrogen (secondary N) is 1. The highest BCUT2D eigenvalue weighted by molar-refractivity contribution is 6.31. The number of anilines is 2. The van der Waals surface area contributed by atoms with Crippen molar-refractivity contribution >= 4 is 40.6 Å². The van der Waals surface area contributed by atoms with E-state index in [2.05, 4.69) is 20.6 Å². The average Bonchev–Trinajstić information content (AvgIpc) is 3.25. The van der Waals surface area contributed by atoms with Crippen molar-refractivity contribution in [3.63, 3.8) is 0 Å². The minimum Gasteiger partial charge on any atom is -0.441 e. The molecule has 152 valence electrons. The Labute approximate surface area is 181 Å². The van der Waals surface area contributed by atoms with Gasteiger partial charge in [-0.3, -0.25) is 4.79 Å². The first-order valence-electron chi connectivity index (χ1n) is 8.89. The maximum absolute atomic E-state index is 12.5. The number of amides is 1. The maximum Gasteiger partial charge on any atom is 0.280 e. The Kier molecular flexibility index (Phi) is 5.43. The van der Waals surface area contributed by atoms with Gasteiger partial charge in [-0.1, -0.05) is 40.5 Å². The number of rotatable bonds is 5. The van der Waals surface area contributed by atoms with Crippen LogP contribution in [0.25, 0.3) is 11.5 Å². The Hall–Kier alpha value is -3.36. The quantitative estimate of drug-likeness (QED) is 0.472. The largest absolute Gasteiger partial charge is 0.441 e. The molecule has 0 saturated heterocycles. The molecule has 10 heteroatoms. The van der Waals surface area contributed by atoms with Crippen molar-refractivity contribution < 1.29 is 9.21 Å². The lowest BCUT2D eigenvalue weighted by Crippen LogP contribution is -2.15. The number of oxazole rings is 1. The highest BCUT2D eigenvalue weighted by atomic mass is 35.5. The van der Waals surface area contributed by atoms with Crippen LogP contribution in [0.1, 0.15) is 21.9 Å². The van der Waals surface area contributed by atoms with E-state index in [9.17, 15) is 4.79 Å². The van der Waals surface area contributed by atoms with E-state index in [-0.39, 0.29) is 18.1 Å². The van der Waals surface area contributed by atoms with Gasteiger partial charge < -0.3 is 15.5 Å². The second-order valence-corrected chi connectivity index (χ2v) is 7.35. The van der Waals surface area contributed by atoms with Gasteiger partial charge in [0.25, 0.3) is 5.91 Å². The molecule has 0 radical (unpaired) electrons. The van der Waals surface area contributed by atoms with Crippen LogP contribution < -0.4 is 11.1 Å². The molecule has 2 heterocycles. The molecule has 0 aliphatic carbocycles. The van der Waals surface area contributed by atoms with Crippen molar-refractivity contribution in [3.05, 3.63) is 75.7 Å². The zero-order valence-corrected chi connectivity index (χ0v) is 17.3. The highest BCUT2D eigenvalue weighted by Gasteiger charge is 2.20. The Bertz CT molecular complexity index is 1230. The molecule has 0 saturated carbocycles. The molecule has 2 aromatic carbocycles. The standard InChI is InChI=1S/C20H16Cl2N6O2/c1-11-16(25-20(30-11)12-4-2-5-13(21)8-12)10-28-18(23)17(26-27-28)19(29)24-15-7-3-6-14(22)9-15/h2-9H,10,23H2,1H3,(H,24,29). The number of hydrogen-bond donors (Lipinski definition) is 2. The van der Waals surface area contributed by atoms with E-state index in [4.69, 9.17) is 33.4 Å². The fraction of sp³-hybridized carbons (Fsp3) is 0.100. The Morgan fingerprint density at radius 2 is 1.90 bits per heavy atom. The molecule has 2 aromatic heterocycles. The molecule has 0 spiro atoms. The third-order valence-electron chi connectivity index (χ3n) is 4.33. The molecule has 8 nitrogen and oxygen atoms in total. The van der Waals surface area contributed by atoms with Crippen LogP contribution in [0.4, 0.5) is 11.5 Å². The first-order chi connectivity index (χ1) is 14.4. The van der Waals surface area contributed by atoms with E-state index in [1.165, 1.54) is 4.68 Å². The lowest BCUT2D eigenvalue weighted by Gasteiger charge is -2.04. The third kappa shape index (κ3) is 4.14. The van der Waals surface area contributed by atoms with E-state index >= 15 is 0 Å². The SMILES string of the molecule is Cc1oc(-c2cccc(Cl)c2)nc1Cn1nnc(C(=O)Nc2cccc(Cl)c2)c1N.